The molecule has 3 aliphatic rings. The number of benzene rings is 2. The van der Waals surface area contributed by atoms with Gasteiger partial charge in [0.05, 0.1) is 23.6 Å². The lowest BCUT2D eigenvalue weighted by molar-refractivity contribution is -0.126. The average molecular weight is 421 g/mol. The second-order valence-electron chi connectivity index (χ2n) is 8.32. The number of ketones is 1. The Kier molecular flexibility index (Phi) is 4.16. The van der Waals surface area contributed by atoms with Crippen molar-refractivity contribution in [3.63, 3.8) is 0 Å². The van der Waals surface area contributed by atoms with E-state index in [2.05, 4.69) is 6.07 Å². The molecular formula is C24H21ClN2O3. The lowest BCUT2D eigenvalue weighted by Crippen LogP contribution is -2.48. The lowest BCUT2D eigenvalue weighted by Gasteiger charge is -2.36. The number of aryl methyl sites for hydroxylation is 1. The molecule has 0 aromatic heterocycles. The molecule has 0 bridgehead atoms. The van der Waals surface area contributed by atoms with Crippen molar-refractivity contribution >= 4 is 46.6 Å². The summed E-state index contributed by atoms with van der Waals surface area (Å²) in [6.45, 7) is 5.31. The Labute approximate surface area is 179 Å². The fourth-order valence-electron chi connectivity index (χ4n) is 5.23. The van der Waals surface area contributed by atoms with Gasteiger partial charge < -0.3 is 4.90 Å². The van der Waals surface area contributed by atoms with Crippen LogP contribution in [0.25, 0.3) is 6.08 Å². The van der Waals surface area contributed by atoms with E-state index in [9.17, 15) is 14.4 Å². The number of amides is 2. The maximum atomic E-state index is 13.5. The standard InChI is InChI=1S/C24H21ClN2O3/c1-12-7-9-18-15(11-12)8-10-19-20-21(22(14(3)28)26(18)19)24(30)27(23(20)29)17-6-4-5-16(25)13(17)2/h4-11,19-22H,1-3H3/t19-,20-,21-,22-/m1/s1. The molecule has 0 unspecified atom stereocenters. The zero-order valence-electron chi connectivity index (χ0n) is 16.9. The second kappa shape index (κ2) is 6.54. The smallest absolute Gasteiger partial charge is 0.240 e. The van der Waals surface area contributed by atoms with Gasteiger partial charge in [-0.05, 0) is 56.2 Å². The minimum Gasteiger partial charge on any atom is -0.353 e. The summed E-state index contributed by atoms with van der Waals surface area (Å²) >= 11 is 6.24. The van der Waals surface area contributed by atoms with Gasteiger partial charge in [-0.3, -0.25) is 14.4 Å². The van der Waals surface area contributed by atoms with Crippen molar-refractivity contribution in [1.82, 2.24) is 0 Å². The maximum absolute atomic E-state index is 13.5. The molecule has 3 heterocycles. The number of halogens is 1. The number of fused-ring (bicyclic) bond motifs is 5. The molecule has 2 aromatic carbocycles. The molecule has 2 aromatic rings. The number of Topliss-reactive ketones (excluding diaryl/α,β-unsaturated/α-hetero) is 1. The lowest BCUT2D eigenvalue weighted by atomic mass is 9.88. The van der Waals surface area contributed by atoms with E-state index in [0.717, 1.165) is 16.8 Å². The third-order valence-electron chi connectivity index (χ3n) is 6.56. The second-order valence-corrected chi connectivity index (χ2v) is 8.73. The Morgan fingerprint density at radius 2 is 1.73 bits per heavy atom. The van der Waals surface area contributed by atoms with Crippen molar-refractivity contribution in [2.75, 3.05) is 9.80 Å². The highest BCUT2D eigenvalue weighted by Gasteiger charge is 2.63. The van der Waals surface area contributed by atoms with E-state index in [-0.39, 0.29) is 23.6 Å². The van der Waals surface area contributed by atoms with Crippen LogP contribution >= 0.6 is 11.6 Å². The zero-order chi connectivity index (χ0) is 21.3. The Balaban J connectivity index is 1.64. The molecule has 152 valence electrons. The largest absolute Gasteiger partial charge is 0.353 e. The van der Waals surface area contributed by atoms with Crippen LogP contribution in [0.2, 0.25) is 5.02 Å². The van der Waals surface area contributed by atoms with E-state index >= 15 is 0 Å². The quantitative estimate of drug-likeness (QED) is 0.690. The summed E-state index contributed by atoms with van der Waals surface area (Å²) in [5.41, 5.74) is 4.19. The molecule has 3 aliphatic heterocycles. The van der Waals surface area contributed by atoms with Gasteiger partial charge >= 0.3 is 0 Å². The summed E-state index contributed by atoms with van der Waals surface area (Å²) in [5, 5.41) is 0.497. The molecule has 4 atom stereocenters. The Hall–Kier alpha value is -2.92. The van der Waals surface area contributed by atoms with Gasteiger partial charge in [0.15, 0.2) is 5.78 Å². The van der Waals surface area contributed by atoms with Gasteiger partial charge in [-0.1, -0.05) is 41.4 Å². The summed E-state index contributed by atoms with van der Waals surface area (Å²) in [6.07, 6.45) is 3.95. The van der Waals surface area contributed by atoms with Crippen molar-refractivity contribution in [1.29, 1.82) is 0 Å². The highest BCUT2D eigenvalue weighted by atomic mass is 35.5. The third-order valence-corrected chi connectivity index (χ3v) is 6.97. The molecule has 0 N–H and O–H groups in total. The first-order valence-corrected chi connectivity index (χ1v) is 10.4. The predicted octanol–water partition coefficient (Wildman–Crippen LogP) is 3.94. The van der Waals surface area contributed by atoms with Gasteiger partial charge in [-0.15, -0.1) is 0 Å². The van der Waals surface area contributed by atoms with Crippen LogP contribution in [0.15, 0.2) is 42.5 Å². The number of anilines is 2. The fourth-order valence-corrected chi connectivity index (χ4v) is 5.40. The normalized spacial score (nSPS) is 26.7. The minimum atomic E-state index is -0.713. The highest BCUT2D eigenvalue weighted by Crippen LogP contribution is 2.49. The molecule has 0 saturated carbocycles. The molecule has 2 fully saturated rings. The molecule has 0 spiro atoms. The number of nitrogens with zero attached hydrogens (tertiary/aromatic N) is 2. The molecule has 6 heteroatoms. The molecule has 2 amide bonds. The van der Waals surface area contributed by atoms with Crippen LogP contribution in [0.3, 0.4) is 0 Å². The summed E-state index contributed by atoms with van der Waals surface area (Å²) in [6, 6.07) is 10.2. The predicted molar refractivity (Wildman–Crippen MR) is 117 cm³/mol. The number of hydrogen-bond acceptors (Lipinski definition) is 4. The maximum Gasteiger partial charge on any atom is 0.240 e. The van der Waals surface area contributed by atoms with Crippen molar-refractivity contribution in [3.05, 3.63) is 64.2 Å². The van der Waals surface area contributed by atoms with Crippen LogP contribution in [0.1, 0.15) is 23.6 Å². The average Bonchev–Trinajstić information content (AvgIpc) is 3.17. The minimum absolute atomic E-state index is 0.111. The van der Waals surface area contributed by atoms with Crippen molar-refractivity contribution in [2.45, 2.75) is 32.9 Å². The third kappa shape index (κ3) is 2.45. The molecule has 0 radical (unpaired) electrons. The summed E-state index contributed by atoms with van der Waals surface area (Å²) in [7, 11) is 0. The van der Waals surface area contributed by atoms with Gasteiger partial charge in [0.2, 0.25) is 11.8 Å². The Morgan fingerprint density at radius 1 is 1.00 bits per heavy atom. The Morgan fingerprint density at radius 3 is 2.47 bits per heavy atom. The van der Waals surface area contributed by atoms with Gasteiger partial charge in [0.25, 0.3) is 0 Å². The summed E-state index contributed by atoms with van der Waals surface area (Å²) in [5.74, 6) is -2.02. The number of hydrogen-bond donors (Lipinski definition) is 0. The van der Waals surface area contributed by atoms with Crippen molar-refractivity contribution in [2.24, 2.45) is 11.8 Å². The first kappa shape index (κ1) is 19.1. The zero-order valence-corrected chi connectivity index (χ0v) is 17.7. The number of imide groups is 1. The van der Waals surface area contributed by atoms with E-state index in [1.54, 1.807) is 25.1 Å². The molecule has 2 saturated heterocycles. The van der Waals surface area contributed by atoms with Crippen molar-refractivity contribution < 1.29 is 14.4 Å². The number of rotatable bonds is 2. The SMILES string of the molecule is CC(=O)[C@@H]1[C@@H]2C(=O)N(c3cccc(Cl)c3C)C(=O)[C@@H]2[C@H]2C=Cc3cc(C)ccc3N21. The Bertz CT molecular complexity index is 1160. The van der Waals surface area contributed by atoms with Gasteiger partial charge in [-0.25, -0.2) is 4.90 Å². The van der Waals surface area contributed by atoms with E-state index in [1.165, 1.54) is 11.8 Å². The van der Waals surface area contributed by atoms with Crippen LogP contribution in [0.5, 0.6) is 0 Å². The monoisotopic (exact) mass is 420 g/mol. The number of carbonyl (C=O) groups excluding carboxylic acids is 3. The molecule has 0 aliphatic carbocycles. The van der Waals surface area contributed by atoms with E-state index in [0.29, 0.717) is 16.3 Å². The molecular weight excluding hydrogens is 400 g/mol. The fraction of sp³-hybridized carbons (Fsp3) is 0.292. The van der Waals surface area contributed by atoms with E-state index < -0.39 is 17.9 Å². The van der Waals surface area contributed by atoms with Crippen LogP contribution < -0.4 is 9.80 Å². The first-order chi connectivity index (χ1) is 14.3. The van der Waals surface area contributed by atoms with Gasteiger partial charge in [0, 0.05) is 10.7 Å². The molecule has 30 heavy (non-hydrogen) atoms. The van der Waals surface area contributed by atoms with Crippen LogP contribution in [-0.2, 0) is 14.4 Å². The molecule has 5 nitrogen and oxygen atoms in total. The highest BCUT2D eigenvalue weighted by molar-refractivity contribution is 6.32. The van der Waals surface area contributed by atoms with Crippen LogP contribution in [0, 0.1) is 25.7 Å². The van der Waals surface area contributed by atoms with E-state index in [1.807, 2.05) is 36.1 Å². The number of carbonyl (C=O) groups is 3. The topological polar surface area (TPSA) is 57.7 Å². The van der Waals surface area contributed by atoms with Gasteiger partial charge in [-0.2, -0.15) is 0 Å². The van der Waals surface area contributed by atoms with E-state index in [4.69, 9.17) is 11.6 Å². The summed E-state index contributed by atoms with van der Waals surface area (Å²) < 4.78 is 0. The first-order valence-electron chi connectivity index (χ1n) is 10.0. The van der Waals surface area contributed by atoms with Crippen LogP contribution in [-0.4, -0.2) is 29.7 Å². The van der Waals surface area contributed by atoms with Crippen molar-refractivity contribution in [3.8, 4) is 0 Å². The summed E-state index contributed by atoms with van der Waals surface area (Å²) in [4.78, 5) is 43.1. The van der Waals surface area contributed by atoms with Crippen LogP contribution in [0.4, 0.5) is 11.4 Å². The van der Waals surface area contributed by atoms with Gasteiger partial charge in [0.1, 0.15) is 6.04 Å². The molecule has 5 rings (SSSR count).